The van der Waals surface area contributed by atoms with Crippen LogP contribution in [0.15, 0.2) is 54.9 Å². The Morgan fingerprint density at radius 2 is 1.84 bits per heavy atom. The van der Waals surface area contributed by atoms with Crippen molar-refractivity contribution in [3.8, 4) is 0 Å². The maximum Gasteiger partial charge on any atom is 0.338 e. The molecule has 1 amide bonds. The van der Waals surface area contributed by atoms with E-state index in [-0.39, 0.29) is 0 Å². The van der Waals surface area contributed by atoms with Crippen LogP contribution in [0.2, 0.25) is 5.02 Å². The second kappa shape index (κ2) is 7.27. The van der Waals surface area contributed by atoms with Gasteiger partial charge in [0.05, 0.1) is 16.6 Å². The van der Waals surface area contributed by atoms with Gasteiger partial charge in [-0.3, -0.25) is 14.8 Å². The number of fused-ring (bicyclic) bond motifs is 1. The second-order valence-corrected chi connectivity index (χ2v) is 5.74. The summed E-state index contributed by atoms with van der Waals surface area (Å²) in [6, 6.07) is 11.5. The minimum absolute atomic E-state index is 0.301. The third kappa shape index (κ3) is 4.10. The number of hydrogen-bond donors (Lipinski definition) is 1. The molecule has 126 valence electrons. The molecule has 1 aromatic heterocycles. The van der Waals surface area contributed by atoms with Crippen molar-refractivity contribution in [3.05, 3.63) is 65.4 Å². The van der Waals surface area contributed by atoms with E-state index in [0.29, 0.717) is 27.3 Å². The summed E-state index contributed by atoms with van der Waals surface area (Å²) in [7, 11) is 0. The fourth-order valence-corrected chi connectivity index (χ4v) is 2.37. The molecule has 3 aromatic rings. The fraction of sp³-hybridized carbons (Fsp3) is 0.111. The molecule has 0 aliphatic heterocycles. The molecular weight excluding hydrogens is 342 g/mol. The molecule has 0 aliphatic carbocycles. The zero-order chi connectivity index (χ0) is 17.8. The van der Waals surface area contributed by atoms with Crippen molar-refractivity contribution in [1.29, 1.82) is 0 Å². The number of anilines is 1. The summed E-state index contributed by atoms with van der Waals surface area (Å²) in [4.78, 5) is 32.7. The van der Waals surface area contributed by atoms with Crippen molar-refractivity contribution in [1.82, 2.24) is 9.97 Å². The average molecular weight is 356 g/mol. The second-order valence-electron chi connectivity index (χ2n) is 5.31. The minimum atomic E-state index is -0.968. The molecular formula is C18H14ClN3O3. The van der Waals surface area contributed by atoms with Gasteiger partial charge in [-0.25, -0.2) is 4.79 Å². The van der Waals surface area contributed by atoms with Crippen LogP contribution < -0.4 is 5.32 Å². The van der Waals surface area contributed by atoms with E-state index in [1.807, 2.05) is 0 Å². The number of amides is 1. The van der Waals surface area contributed by atoms with Gasteiger partial charge in [0.2, 0.25) is 0 Å². The van der Waals surface area contributed by atoms with E-state index in [1.54, 1.807) is 54.9 Å². The van der Waals surface area contributed by atoms with Crippen LogP contribution in [-0.2, 0) is 9.53 Å². The predicted octanol–water partition coefficient (Wildman–Crippen LogP) is 3.47. The lowest BCUT2D eigenvalue weighted by molar-refractivity contribution is -0.123. The Morgan fingerprint density at radius 1 is 1.08 bits per heavy atom. The molecule has 0 aliphatic rings. The van der Waals surface area contributed by atoms with E-state index in [1.165, 1.54) is 6.92 Å². The largest absolute Gasteiger partial charge is 0.449 e. The first-order chi connectivity index (χ1) is 12.0. The highest BCUT2D eigenvalue weighted by molar-refractivity contribution is 6.30. The lowest BCUT2D eigenvalue weighted by Gasteiger charge is -2.14. The summed E-state index contributed by atoms with van der Waals surface area (Å²) in [5, 5.41) is 3.15. The monoisotopic (exact) mass is 355 g/mol. The number of carbonyl (C=O) groups excluding carboxylic acids is 2. The Balaban J connectivity index is 1.67. The maximum absolute atomic E-state index is 12.2. The molecule has 0 unspecified atom stereocenters. The highest BCUT2D eigenvalue weighted by Gasteiger charge is 2.19. The van der Waals surface area contributed by atoms with Crippen LogP contribution in [0, 0.1) is 0 Å². The molecule has 0 saturated carbocycles. The molecule has 0 spiro atoms. The summed E-state index contributed by atoms with van der Waals surface area (Å²) in [6.45, 7) is 1.50. The number of nitrogens with one attached hydrogen (secondary N) is 1. The van der Waals surface area contributed by atoms with Gasteiger partial charge in [-0.15, -0.1) is 0 Å². The molecule has 0 saturated heterocycles. The smallest absolute Gasteiger partial charge is 0.338 e. The number of aromatic nitrogens is 2. The van der Waals surface area contributed by atoms with Crippen LogP contribution in [0.5, 0.6) is 0 Å². The van der Waals surface area contributed by atoms with Crippen molar-refractivity contribution < 1.29 is 14.3 Å². The van der Waals surface area contributed by atoms with Crippen molar-refractivity contribution in [2.24, 2.45) is 0 Å². The number of nitrogens with zero attached hydrogens (tertiary/aromatic N) is 2. The Bertz CT molecular complexity index is 946. The van der Waals surface area contributed by atoms with Crippen molar-refractivity contribution >= 4 is 40.2 Å². The molecule has 0 bridgehead atoms. The Morgan fingerprint density at radius 3 is 2.60 bits per heavy atom. The SMILES string of the molecule is C[C@@H](OC(=O)c1ccc2nccnc2c1)C(=O)Nc1cccc(Cl)c1. The zero-order valence-corrected chi connectivity index (χ0v) is 14.0. The number of hydrogen-bond acceptors (Lipinski definition) is 5. The molecule has 7 heteroatoms. The molecule has 2 aromatic carbocycles. The number of esters is 1. The maximum atomic E-state index is 12.2. The van der Waals surface area contributed by atoms with Gasteiger partial charge in [-0.1, -0.05) is 17.7 Å². The van der Waals surface area contributed by atoms with Crippen LogP contribution in [-0.4, -0.2) is 27.9 Å². The number of ether oxygens (including phenoxy) is 1. The first kappa shape index (κ1) is 16.9. The van der Waals surface area contributed by atoms with Gasteiger partial charge in [0.15, 0.2) is 6.10 Å². The summed E-state index contributed by atoms with van der Waals surface area (Å²) in [5.41, 5.74) is 2.08. The van der Waals surface area contributed by atoms with Crippen molar-refractivity contribution in [2.45, 2.75) is 13.0 Å². The van der Waals surface area contributed by atoms with E-state index in [9.17, 15) is 9.59 Å². The molecule has 6 nitrogen and oxygen atoms in total. The molecule has 1 atom stereocenters. The number of carbonyl (C=O) groups is 2. The molecule has 0 fully saturated rings. The van der Waals surface area contributed by atoms with Crippen LogP contribution in [0.3, 0.4) is 0 Å². The minimum Gasteiger partial charge on any atom is -0.449 e. The van der Waals surface area contributed by atoms with Gasteiger partial charge < -0.3 is 10.1 Å². The Kier molecular flexibility index (Phi) is 4.90. The van der Waals surface area contributed by atoms with E-state index in [0.717, 1.165) is 0 Å². The van der Waals surface area contributed by atoms with E-state index in [2.05, 4.69) is 15.3 Å². The molecule has 3 rings (SSSR count). The Hall–Kier alpha value is -2.99. The standard InChI is InChI=1S/C18H14ClN3O3/c1-11(17(23)22-14-4-2-3-13(19)10-14)25-18(24)12-5-6-15-16(9-12)21-8-7-20-15/h2-11H,1H3,(H,22,23)/t11-/m1/s1. The van der Waals surface area contributed by atoms with Gasteiger partial charge >= 0.3 is 5.97 Å². The van der Waals surface area contributed by atoms with E-state index < -0.39 is 18.0 Å². The van der Waals surface area contributed by atoms with Crippen LogP contribution in [0.25, 0.3) is 11.0 Å². The summed E-state index contributed by atoms with van der Waals surface area (Å²) in [6.07, 6.45) is 2.14. The van der Waals surface area contributed by atoms with E-state index >= 15 is 0 Å². The predicted molar refractivity (Wildman–Crippen MR) is 94.5 cm³/mol. The zero-order valence-electron chi connectivity index (χ0n) is 13.3. The average Bonchev–Trinajstić information content (AvgIpc) is 2.61. The quantitative estimate of drug-likeness (QED) is 0.725. The first-order valence-corrected chi connectivity index (χ1v) is 7.89. The van der Waals surface area contributed by atoms with Crippen molar-refractivity contribution in [2.75, 3.05) is 5.32 Å². The van der Waals surface area contributed by atoms with Gasteiger partial charge in [0.1, 0.15) is 0 Å². The number of rotatable bonds is 4. The van der Waals surface area contributed by atoms with Gasteiger partial charge in [-0.05, 0) is 43.3 Å². The third-order valence-corrected chi connectivity index (χ3v) is 3.69. The van der Waals surface area contributed by atoms with Crippen LogP contribution in [0.4, 0.5) is 5.69 Å². The van der Waals surface area contributed by atoms with Gasteiger partial charge in [0, 0.05) is 23.1 Å². The van der Waals surface area contributed by atoms with Gasteiger partial charge in [-0.2, -0.15) is 0 Å². The number of benzene rings is 2. The summed E-state index contributed by atoms with van der Waals surface area (Å²) in [5.74, 6) is -1.06. The summed E-state index contributed by atoms with van der Waals surface area (Å²) >= 11 is 5.87. The normalized spacial score (nSPS) is 11.8. The van der Waals surface area contributed by atoms with Crippen LogP contribution >= 0.6 is 11.6 Å². The highest BCUT2D eigenvalue weighted by atomic mass is 35.5. The fourth-order valence-electron chi connectivity index (χ4n) is 2.18. The molecule has 25 heavy (non-hydrogen) atoms. The van der Waals surface area contributed by atoms with Crippen molar-refractivity contribution in [3.63, 3.8) is 0 Å². The van der Waals surface area contributed by atoms with Gasteiger partial charge in [0.25, 0.3) is 5.91 Å². The van der Waals surface area contributed by atoms with E-state index in [4.69, 9.17) is 16.3 Å². The summed E-state index contributed by atoms with van der Waals surface area (Å²) < 4.78 is 5.22. The highest BCUT2D eigenvalue weighted by Crippen LogP contribution is 2.16. The number of halogens is 1. The lowest BCUT2D eigenvalue weighted by atomic mass is 10.2. The molecule has 0 radical (unpaired) electrons. The lowest BCUT2D eigenvalue weighted by Crippen LogP contribution is -2.30. The molecule has 1 N–H and O–H groups in total. The molecule has 1 heterocycles. The first-order valence-electron chi connectivity index (χ1n) is 7.51. The van der Waals surface area contributed by atoms with Crippen LogP contribution in [0.1, 0.15) is 17.3 Å². The third-order valence-electron chi connectivity index (χ3n) is 3.45. The Labute approximate surface area is 148 Å². The topological polar surface area (TPSA) is 81.2 Å².